The van der Waals surface area contributed by atoms with E-state index in [0.717, 1.165) is 16.4 Å². The number of anilines is 2. The summed E-state index contributed by atoms with van der Waals surface area (Å²) in [5, 5.41) is 5.80. The first-order valence-corrected chi connectivity index (χ1v) is 9.31. The van der Waals surface area contributed by atoms with Gasteiger partial charge in [-0.25, -0.2) is 4.98 Å². The third-order valence-corrected chi connectivity index (χ3v) is 4.60. The summed E-state index contributed by atoms with van der Waals surface area (Å²) in [6.45, 7) is 4.11. The van der Waals surface area contributed by atoms with Crippen LogP contribution in [0.3, 0.4) is 0 Å². The molecule has 1 aromatic carbocycles. The molecule has 3 rings (SSSR count). The minimum absolute atomic E-state index is 0.293. The lowest BCUT2D eigenvalue weighted by atomic mass is 10.1. The van der Waals surface area contributed by atoms with Gasteiger partial charge in [-0.2, -0.15) is 4.98 Å². The van der Waals surface area contributed by atoms with Crippen LogP contribution in [0.1, 0.15) is 33.3 Å². The maximum absolute atomic E-state index is 12.5. The second-order valence-corrected chi connectivity index (χ2v) is 7.01. The number of hydrogen-bond acceptors (Lipinski definition) is 7. The average Bonchev–Trinajstić information content (AvgIpc) is 2.95. The fraction of sp³-hybridized carbons (Fsp3) is 0.350. The molecule has 1 aromatic heterocycles. The molecule has 0 bridgehead atoms. The highest BCUT2D eigenvalue weighted by Crippen LogP contribution is 2.24. The lowest BCUT2D eigenvalue weighted by Crippen LogP contribution is -2.48. The molecule has 0 aliphatic carbocycles. The van der Waals surface area contributed by atoms with Gasteiger partial charge in [0, 0.05) is 38.9 Å². The van der Waals surface area contributed by atoms with Crippen LogP contribution in [-0.4, -0.2) is 65.8 Å². The van der Waals surface area contributed by atoms with Gasteiger partial charge in [-0.3, -0.25) is 19.3 Å². The fourth-order valence-corrected chi connectivity index (χ4v) is 3.04. The summed E-state index contributed by atoms with van der Waals surface area (Å²) in [6.07, 6.45) is 0. The van der Waals surface area contributed by atoms with Crippen LogP contribution in [0.25, 0.3) is 0 Å². The number of fused-ring (bicyclic) bond motifs is 1. The minimum atomic E-state index is -0.905. The maximum atomic E-state index is 12.5. The molecular formula is C20H24N6O3. The van der Waals surface area contributed by atoms with Crippen molar-refractivity contribution in [2.75, 3.05) is 37.4 Å². The summed E-state index contributed by atoms with van der Waals surface area (Å²) >= 11 is 0. The molecule has 152 valence electrons. The zero-order chi connectivity index (χ0) is 21.1. The van der Waals surface area contributed by atoms with E-state index in [2.05, 4.69) is 20.6 Å². The van der Waals surface area contributed by atoms with Crippen molar-refractivity contribution in [3.63, 3.8) is 0 Å². The largest absolute Gasteiger partial charge is 0.363 e. The molecule has 2 aromatic rings. The van der Waals surface area contributed by atoms with E-state index < -0.39 is 23.8 Å². The number of nitrogens with one attached hydrogen (secondary N) is 2. The summed E-state index contributed by atoms with van der Waals surface area (Å²) in [4.78, 5) is 49.0. The number of carbonyl (C=O) groups is 3. The summed E-state index contributed by atoms with van der Waals surface area (Å²) in [5.74, 6) is -0.0495. The van der Waals surface area contributed by atoms with Gasteiger partial charge in [-0.1, -0.05) is 12.1 Å². The first kappa shape index (κ1) is 20.2. The number of benzene rings is 1. The standard InChI is InChI=1S/C20H24N6O3/c1-12-11-16(25(3)4)24-20(23-12)22-10-9-21-17(27)13(2)26-18(28)14-7-5-6-8-15(14)19(26)29/h5-8,11,13H,9-10H2,1-4H3,(H,21,27)(H,22,23,24). The molecular weight excluding hydrogens is 372 g/mol. The predicted octanol–water partition coefficient (Wildman–Crippen LogP) is 1.06. The van der Waals surface area contributed by atoms with Gasteiger partial charge in [-0.05, 0) is 26.0 Å². The lowest BCUT2D eigenvalue weighted by molar-refractivity contribution is -0.124. The highest BCUT2D eigenvalue weighted by Gasteiger charge is 2.40. The van der Waals surface area contributed by atoms with E-state index in [4.69, 9.17) is 0 Å². The SMILES string of the molecule is Cc1cc(N(C)C)nc(NCCNC(=O)C(C)N2C(=O)c3ccccc3C2=O)n1. The van der Waals surface area contributed by atoms with Crippen molar-refractivity contribution in [2.45, 2.75) is 19.9 Å². The van der Waals surface area contributed by atoms with E-state index in [0.29, 0.717) is 30.2 Å². The molecule has 9 nitrogen and oxygen atoms in total. The van der Waals surface area contributed by atoms with Gasteiger partial charge < -0.3 is 15.5 Å². The number of carbonyl (C=O) groups excluding carboxylic acids is 3. The molecule has 0 spiro atoms. The van der Waals surface area contributed by atoms with Crippen LogP contribution in [0.5, 0.6) is 0 Å². The number of aromatic nitrogens is 2. The Labute approximate surface area is 169 Å². The number of nitrogens with zero attached hydrogens (tertiary/aromatic N) is 4. The monoisotopic (exact) mass is 396 g/mol. The van der Waals surface area contributed by atoms with Crippen molar-refractivity contribution in [1.82, 2.24) is 20.2 Å². The van der Waals surface area contributed by atoms with Crippen molar-refractivity contribution in [3.8, 4) is 0 Å². The van der Waals surface area contributed by atoms with Gasteiger partial charge in [0.1, 0.15) is 11.9 Å². The van der Waals surface area contributed by atoms with Crippen LogP contribution in [0, 0.1) is 6.92 Å². The Hall–Kier alpha value is -3.49. The molecule has 2 N–H and O–H groups in total. The van der Waals surface area contributed by atoms with Gasteiger partial charge in [0.25, 0.3) is 11.8 Å². The minimum Gasteiger partial charge on any atom is -0.363 e. The Morgan fingerprint density at radius 1 is 1.10 bits per heavy atom. The fourth-order valence-electron chi connectivity index (χ4n) is 3.04. The predicted molar refractivity (Wildman–Crippen MR) is 109 cm³/mol. The zero-order valence-corrected chi connectivity index (χ0v) is 16.9. The Bertz CT molecular complexity index is 924. The number of hydrogen-bond donors (Lipinski definition) is 2. The lowest BCUT2D eigenvalue weighted by Gasteiger charge is -2.21. The van der Waals surface area contributed by atoms with E-state index in [1.165, 1.54) is 6.92 Å². The number of rotatable bonds is 7. The first-order valence-electron chi connectivity index (χ1n) is 9.31. The molecule has 29 heavy (non-hydrogen) atoms. The molecule has 2 heterocycles. The normalized spacial score (nSPS) is 13.9. The quantitative estimate of drug-likeness (QED) is 0.532. The third-order valence-electron chi connectivity index (χ3n) is 4.60. The smallest absolute Gasteiger partial charge is 0.262 e. The molecule has 9 heteroatoms. The molecule has 1 atom stereocenters. The molecule has 3 amide bonds. The average molecular weight is 396 g/mol. The summed E-state index contributed by atoms with van der Waals surface area (Å²) in [6, 6.07) is 7.54. The number of aryl methyl sites for hydroxylation is 1. The van der Waals surface area contributed by atoms with Crippen LogP contribution < -0.4 is 15.5 Å². The maximum Gasteiger partial charge on any atom is 0.262 e. The molecule has 1 unspecified atom stereocenters. The molecule has 0 saturated heterocycles. The Balaban J connectivity index is 1.54. The van der Waals surface area contributed by atoms with E-state index in [1.807, 2.05) is 32.0 Å². The van der Waals surface area contributed by atoms with E-state index in [9.17, 15) is 14.4 Å². The van der Waals surface area contributed by atoms with Crippen LogP contribution in [0.4, 0.5) is 11.8 Å². The molecule has 0 saturated carbocycles. The van der Waals surface area contributed by atoms with Gasteiger partial charge in [0.2, 0.25) is 11.9 Å². The van der Waals surface area contributed by atoms with Crippen LogP contribution >= 0.6 is 0 Å². The topological polar surface area (TPSA) is 108 Å². The van der Waals surface area contributed by atoms with Gasteiger partial charge in [0.15, 0.2) is 0 Å². The van der Waals surface area contributed by atoms with Crippen molar-refractivity contribution in [2.24, 2.45) is 0 Å². The number of amides is 3. The van der Waals surface area contributed by atoms with Crippen molar-refractivity contribution >= 4 is 29.5 Å². The second kappa shape index (κ2) is 8.26. The van der Waals surface area contributed by atoms with Crippen molar-refractivity contribution in [1.29, 1.82) is 0 Å². The summed E-state index contributed by atoms with van der Waals surface area (Å²) < 4.78 is 0. The molecule has 0 fully saturated rings. The molecule has 1 aliphatic heterocycles. The Morgan fingerprint density at radius 3 is 2.31 bits per heavy atom. The molecule has 0 radical (unpaired) electrons. The van der Waals surface area contributed by atoms with Gasteiger partial charge in [0.05, 0.1) is 11.1 Å². The van der Waals surface area contributed by atoms with Crippen molar-refractivity contribution in [3.05, 3.63) is 47.2 Å². The third kappa shape index (κ3) is 4.18. The van der Waals surface area contributed by atoms with Gasteiger partial charge in [-0.15, -0.1) is 0 Å². The van der Waals surface area contributed by atoms with Crippen molar-refractivity contribution < 1.29 is 14.4 Å². The van der Waals surface area contributed by atoms with Crippen LogP contribution in [-0.2, 0) is 4.79 Å². The number of imide groups is 1. The Morgan fingerprint density at radius 2 is 1.72 bits per heavy atom. The Kier molecular flexibility index (Phi) is 5.76. The van der Waals surface area contributed by atoms with E-state index in [-0.39, 0.29) is 0 Å². The van der Waals surface area contributed by atoms with Gasteiger partial charge >= 0.3 is 0 Å². The zero-order valence-electron chi connectivity index (χ0n) is 16.9. The molecule has 1 aliphatic rings. The van der Waals surface area contributed by atoms with Crippen LogP contribution in [0.15, 0.2) is 30.3 Å². The second-order valence-electron chi connectivity index (χ2n) is 7.01. The summed E-state index contributed by atoms with van der Waals surface area (Å²) in [7, 11) is 3.79. The highest BCUT2D eigenvalue weighted by atomic mass is 16.2. The summed E-state index contributed by atoms with van der Waals surface area (Å²) in [5.41, 5.74) is 1.48. The first-order chi connectivity index (χ1) is 13.8. The van der Waals surface area contributed by atoms with E-state index >= 15 is 0 Å². The van der Waals surface area contributed by atoms with Crippen LogP contribution in [0.2, 0.25) is 0 Å². The highest BCUT2D eigenvalue weighted by molar-refractivity contribution is 6.22. The van der Waals surface area contributed by atoms with E-state index in [1.54, 1.807) is 24.3 Å².